The molecule has 0 aromatic rings. The highest BCUT2D eigenvalue weighted by Gasteiger charge is 2.58. The molecule has 1 aliphatic rings. The fourth-order valence-electron chi connectivity index (χ4n) is 2.94. The third kappa shape index (κ3) is 4.95. The van der Waals surface area contributed by atoms with Gasteiger partial charge in [0.05, 0.1) is 12.7 Å². The van der Waals surface area contributed by atoms with Gasteiger partial charge >= 0.3 is 0 Å². The number of hydrogen-bond donors (Lipinski definition) is 6. The van der Waals surface area contributed by atoms with Gasteiger partial charge in [-0.05, 0) is 6.42 Å². The van der Waals surface area contributed by atoms with Gasteiger partial charge in [0.1, 0.15) is 18.3 Å². The normalized spacial score (nSPS) is 35.0. The van der Waals surface area contributed by atoms with Gasteiger partial charge in [-0.3, -0.25) is 4.79 Å². The summed E-state index contributed by atoms with van der Waals surface area (Å²) in [6, 6.07) is 0. The van der Waals surface area contributed by atoms with Crippen LogP contribution in [0.2, 0.25) is 0 Å². The molecule has 0 bridgehead atoms. The van der Waals surface area contributed by atoms with Crippen molar-refractivity contribution in [2.45, 2.75) is 88.2 Å². The summed E-state index contributed by atoms with van der Waals surface area (Å²) in [5, 5.41) is 58.9. The number of unbranched alkanes of at least 4 members (excludes halogenated alkanes) is 4. The molecule has 24 heavy (non-hydrogen) atoms. The van der Waals surface area contributed by atoms with E-state index in [1.54, 1.807) is 0 Å². The van der Waals surface area contributed by atoms with Crippen LogP contribution in [-0.4, -0.2) is 79.3 Å². The van der Waals surface area contributed by atoms with E-state index in [2.05, 4.69) is 6.92 Å². The van der Waals surface area contributed by atoms with Crippen LogP contribution in [0.5, 0.6) is 0 Å². The predicted molar refractivity (Wildman–Crippen MR) is 83.9 cm³/mol. The Hall–Kier alpha value is -0.610. The van der Waals surface area contributed by atoms with Crippen LogP contribution in [0.15, 0.2) is 0 Å². The molecule has 8 heteroatoms. The summed E-state index contributed by atoms with van der Waals surface area (Å²) in [5.74, 6) is -0.996. The van der Waals surface area contributed by atoms with E-state index in [1.807, 2.05) is 0 Å². The minimum Gasteiger partial charge on any atom is -0.394 e. The fraction of sp³-hybridized carbons (Fsp3) is 0.938. The van der Waals surface area contributed by atoms with Crippen molar-refractivity contribution in [3.05, 3.63) is 0 Å². The fourth-order valence-corrected chi connectivity index (χ4v) is 2.94. The van der Waals surface area contributed by atoms with E-state index < -0.39 is 55.1 Å². The van der Waals surface area contributed by atoms with E-state index in [0.29, 0.717) is 6.42 Å². The van der Waals surface area contributed by atoms with Crippen LogP contribution in [0.4, 0.5) is 0 Å². The Morgan fingerprint density at radius 1 is 1.12 bits per heavy atom. The van der Waals surface area contributed by atoms with E-state index >= 15 is 0 Å². The Morgan fingerprint density at radius 2 is 1.75 bits per heavy atom. The van der Waals surface area contributed by atoms with Gasteiger partial charge in [-0.1, -0.05) is 39.0 Å². The lowest BCUT2D eigenvalue weighted by Gasteiger charge is -2.45. The molecule has 142 valence electrons. The van der Waals surface area contributed by atoms with Crippen LogP contribution in [0.25, 0.3) is 0 Å². The Labute approximate surface area is 141 Å². The maximum Gasteiger partial charge on any atom is 0.184 e. The second kappa shape index (κ2) is 9.76. The maximum atomic E-state index is 12.3. The molecule has 1 rings (SSSR count). The van der Waals surface area contributed by atoms with Gasteiger partial charge < -0.3 is 35.4 Å². The monoisotopic (exact) mass is 350 g/mol. The lowest BCUT2D eigenvalue weighted by Crippen LogP contribution is -2.70. The van der Waals surface area contributed by atoms with Gasteiger partial charge in [0, 0.05) is 6.42 Å². The number of aliphatic hydroxyl groups is 6. The van der Waals surface area contributed by atoms with Crippen LogP contribution < -0.4 is 0 Å². The van der Waals surface area contributed by atoms with Crippen molar-refractivity contribution in [1.82, 2.24) is 0 Å². The average molecular weight is 350 g/mol. The molecule has 2 unspecified atom stereocenters. The molecule has 1 fully saturated rings. The topological polar surface area (TPSA) is 148 Å². The first-order valence-corrected chi connectivity index (χ1v) is 8.53. The lowest BCUT2D eigenvalue weighted by molar-refractivity contribution is -0.311. The Bertz CT molecular complexity index is 390. The highest BCUT2D eigenvalue weighted by molar-refractivity contribution is 5.89. The lowest BCUT2D eigenvalue weighted by atomic mass is 9.78. The molecule has 0 aromatic heterocycles. The minimum absolute atomic E-state index is 0.361. The number of ketones is 1. The van der Waals surface area contributed by atoms with Crippen LogP contribution in [0, 0.1) is 0 Å². The van der Waals surface area contributed by atoms with Gasteiger partial charge in [-0.2, -0.15) is 0 Å². The standard InChI is InChI=1S/C16H30O8/c1-2-3-4-5-6-7-10(18)8-12(19)16(23)13(20)11(9-17)24-15(22)14(16)21/h10-11,13-15,17-18,20-23H,2-9H2,1H3/t10?,11-,13-,14+,15?,16+/m1/s1. The molecule has 1 heterocycles. The van der Waals surface area contributed by atoms with Crippen molar-refractivity contribution in [3.8, 4) is 0 Å². The van der Waals surface area contributed by atoms with Crippen molar-refractivity contribution in [2.75, 3.05) is 6.61 Å². The Morgan fingerprint density at radius 3 is 2.33 bits per heavy atom. The summed E-state index contributed by atoms with van der Waals surface area (Å²) in [7, 11) is 0. The first-order chi connectivity index (χ1) is 11.3. The molecule has 0 saturated carbocycles. The third-order valence-corrected chi connectivity index (χ3v) is 4.53. The van der Waals surface area contributed by atoms with E-state index in [0.717, 1.165) is 32.1 Å². The molecule has 0 aliphatic carbocycles. The van der Waals surface area contributed by atoms with Crippen molar-refractivity contribution in [3.63, 3.8) is 0 Å². The number of hydrogen-bond acceptors (Lipinski definition) is 8. The van der Waals surface area contributed by atoms with E-state index in [4.69, 9.17) is 9.84 Å². The summed E-state index contributed by atoms with van der Waals surface area (Å²) in [4.78, 5) is 12.3. The zero-order valence-electron chi connectivity index (χ0n) is 14.0. The van der Waals surface area contributed by atoms with Crippen LogP contribution in [0.3, 0.4) is 0 Å². The van der Waals surface area contributed by atoms with Crippen LogP contribution in [0.1, 0.15) is 51.9 Å². The molecule has 0 radical (unpaired) electrons. The summed E-state index contributed by atoms with van der Waals surface area (Å²) in [6.45, 7) is 1.34. The summed E-state index contributed by atoms with van der Waals surface area (Å²) < 4.78 is 4.74. The highest BCUT2D eigenvalue weighted by atomic mass is 16.6. The third-order valence-electron chi connectivity index (χ3n) is 4.53. The molecule has 1 saturated heterocycles. The average Bonchev–Trinajstić information content (AvgIpc) is 2.55. The molecule has 1 aliphatic heterocycles. The summed E-state index contributed by atoms with van der Waals surface area (Å²) in [5.41, 5.74) is -2.70. The van der Waals surface area contributed by atoms with E-state index in [-0.39, 0.29) is 0 Å². The van der Waals surface area contributed by atoms with Gasteiger partial charge in [0.15, 0.2) is 17.7 Å². The minimum atomic E-state index is -2.70. The van der Waals surface area contributed by atoms with Crippen molar-refractivity contribution in [2.24, 2.45) is 0 Å². The largest absolute Gasteiger partial charge is 0.394 e. The van der Waals surface area contributed by atoms with Gasteiger partial charge in [-0.25, -0.2) is 0 Å². The van der Waals surface area contributed by atoms with E-state index in [1.165, 1.54) is 0 Å². The zero-order chi connectivity index (χ0) is 18.3. The number of ether oxygens (including phenoxy) is 1. The molecule has 0 amide bonds. The predicted octanol–water partition coefficient (Wildman–Crippen LogP) is -1.17. The van der Waals surface area contributed by atoms with Gasteiger partial charge in [-0.15, -0.1) is 0 Å². The van der Waals surface area contributed by atoms with Crippen molar-refractivity contribution < 1.29 is 40.2 Å². The second-order valence-corrected chi connectivity index (χ2v) is 6.45. The molecule has 6 atom stereocenters. The first-order valence-electron chi connectivity index (χ1n) is 8.53. The molecular weight excluding hydrogens is 320 g/mol. The molecule has 0 spiro atoms. The Balaban J connectivity index is 2.62. The molecule has 0 aromatic carbocycles. The first kappa shape index (κ1) is 21.4. The Kier molecular flexibility index (Phi) is 8.72. The molecular formula is C16H30O8. The second-order valence-electron chi connectivity index (χ2n) is 6.45. The number of carbonyl (C=O) groups excluding carboxylic acids is 1. The smallest absolute Gasteiger partial charge is 0.184 e. The maximum absolute atomic E-state index is 12.3. The van der Waals surface area contributed by atoms with Crippen LogP contribution in [-0.2, 0) is 9.53 Å². The highest BCUT2D eigenvalue weighted by Crippen LogP contribution is 2.31. The van der Waals surface area contributed by atoms with Gasteiger partial charge in [0.25, 0.3) is 0 Å². The van der Waals surface area contributed by atoms with Crippen molar-refractivity contribution >= 4 is 5.78 Å². The van der Waals surface area contributed by atoms with Gasteiger partial charge in [0.2, 0.25) is 0 Å². The number of rotatable bonds is 10. The number of Topliss-reactive ketones (excluding diaryl/α,β-unsaturated/α-hetero) is 1. The number of carbonyl (C=O) groups is 1. The summed E-state index contributed by atoms with van der Waals surface area (Å²) in [6.07, 6.45) is -3.55. The van der Waals surface area contributed by atoms with E-state index in [9.17, 15) is 30.3 Å². The zero-order valence-corrected chi connectivity index (χ0v) is 14.0. The molecule has 8 nitrogen and oxygen atoms in total. The summed E-state index contributed by atoms with van der Waals surface area (Å²) >= 11 is 0. The quantitative estimate of drug-likeness (QED) is 0.270. The SMILES string of the molecule is CCCCCCCC(O)CC(=O)[C@]1(O)[C@H](O)[C@@H](CO)OC(O)[C@@H]1O. The van der Waals surface area contributed by atoms with Crippen molar-refractivity contribution in [1.29, 1.82) is 0 Å². The molecule has 6 N–H and O–H groups in total. The van der Waals surface area contributed by atoms with Crippen LogP contribution >= 0.6 is 0 Å². The number of aliphatic hydroxyl groups excluding tert-OH is 5.